The lowest BCUT2D eigenvalue weighted by Crippen LogP contribution is -2.48. The number of hydrogen-bond acceptors (Lipinski definition) is 5. The van der Waals surface area contributed by atoms with Crippen LogP contribution in [0.25, 0.3) is 11.3 Å². The highest BCUT2D eigenvalue weighted by atomic mass is 16.5. The van der Waals surface area contributed by atoms with Crippen molar-refractivity contribution < 1.29 is 9.15 Å². The molecule has 0 aliphatic carbocycles. The Morgan fingerprint density at radius 3 is 2.83 bits per heavy atom. The SMILES string of the molecule is CCNC(=NCc1ncc(-c2ccc(C)cc2)o1)N1CCOC(c2cnn(C)c2)C1. The molecule has 0 saturated carbocycles. The first-order valence-electron chi connectivity index (χ1n) is 10.3. The van der Waals surface area contributed by atoms with Crippen molar-refractivity contribution in [3.63, 3.8) is 0 Å². The number of hydrogen-bond donors (Lipinski definition) is 1. The van der Waals surface area contributed by atoms with Gasteiger partial charge in [0.2, 0.25) is 5.89 Å². The van der Waals surface area contributed by atoms with E-state index in [4.69, 9.17) is 14.1 Å². The van der Waals surface area contributed by atoms with Gasteiger partial charge in [0, 0.05) is 37.5 Å². The molecular formula is C22H28N6O2. The largest absolute Gasteiger partial charge is 0.439 e. The summed E-state index contributed by atoms with van der Waals surface area (Å²) in [6, 6.07) is 8.21. The second-order valence-electron chi connectivity index (χ2n) is 7.41. The number of aromatic nitrogens is 3. The molecule has 1 unspecified atom stereocenters. The van der Waals surface area contributed by atoms with Crippen LogP contribution in [0.15, 0.2) is 52.3 Å². The minimum Gasteiger partial charge on any atom is -0.439 e. The Hall–Kier alpha value is -3.13. The molecule has 3 aromatic rings. The maximum Gasteiger partial charge on any atom is 0.216 e. The molecule has 4 rings (SSSR count). The normalized spacial score (nSPS) is 17.4. The Balaban J connectivity index is 1.45. The zero-order valence-corrected chi connectivity index (χ0v) is 17.7. The van der Waals surface area contributed by atoms with Gasteiger partial charge < -0.3 is 19.4 Å². The van der Waals surface area contributed by atoms with Crippen molar-refractivity contribution in [2.75, 3.05) is 26.2 Å². The van der Waals surface area contributed by atoms with E-state index in [-0.39, 0.29) is 6.10 Å². The van der Waals surface area contributed by atoms with Gasteiger partial charge >= 0.3 is 0 Å². The molecule has 1 aliphatic heterocycles. The third kappa shape index (κ3) is 4.71. The number of aryl methyl sites for hydroxylation is 2. The Morgan fingerprint density at radius 2 is 2.10 bits per heavy atom. The summed E-state index contributed by atoms with van der Waals surface area (Å²) in [7, 11) is 1.91. The Bertz CT molecular complexity index is 991. The van der Waals surface area contributed by atoms with Crippen LogP contribution in [0.3, 0.4) is 0 Å². The first-order chi connectivity index (χ1) is 14.6. The van der Waals surface area contributed by atoms with Crippen LogP contribution in [0, 0.1) is 6.92 Å². The summed E-state index contributed by atoms with van der Waals surface area (Å²) in [6.45, 7) is 7.43. The van der Waals surface area contributed by atoms with E-state index in [2.05, 4.69) is 46.3 Å². The monoisotopic (exact) mass is 408 g/mol. The average Bonchev–Trinajstić information content (AvgIpc) is 3.41. The van der Waals surface area contributed by atoms with Crippen LogP contribution < -0.4 is 5.32 Å². The summed E-state index contributed by atoms with van der Waals surface area (Å²) >= 11 is 0. The molecule has 8 nitrogen and oxygen atoms in total. The smallest absolute Gasteiger partial charge is 0.216 e. The number of guanidine groups is 1. The van der Waals surface area contributed by atoms with Gasteiger partial charge in [-0.05, 0) is 13.8 Å². The topological polar surface area (TPSA) is 80.7 Å². The number of ether oxygens (including phenoxy) is 1. The minimum atomic E-state index is -0.0221. The molecule has 1 atom stereocenters. The van der Waals surface area contributed by atoms with Crippen LogP contribution in [0.2, 0.25) is 0 Å². The minimum absolute atomic E-state index is 0.0221. The maximum absolute atomic E-state index is 5.95. The molecule has 3 heterocycles. The lowest BCUT2D eigenvalue weighted by atomic mass is 10.1. The van der Waals surface area contributed by atoms with Crippen LogP contribution in [0.4, 0.5) is 0 Å². The van der Waals surface area contributed by atoms with Gasteiger partial charge in [-0.25, -0.2) is 9.98 Å². The maximum atomic E-state index is 5.95. The standard InChI is InChI=1S/C22H28N6O2/c1-4-23-22(28-9-10-29-20(15-28)18-11-26-27(3)14-18)25-13-21-24-12-19(30-21)17-7-5-16(2)6-8-17/h5-8,11-12,14,20H,4,9-10,13,15H2,1-3H3,(H,23,25). The molecule has 2 aromatic heterocycles. The number of rotatable bonds is 5. The quantitative estimate of drug-likeness (QED) is 0.516. The zero-order chi connectivity index (χ0) is 20.9. The fourth-order valence-corrected chi connectivity index (χ4v) is 3.45. The molecule has 1 fully saturated rings. The van der Waals surface area contributed by atoms with Gasteiger partial charge in [-0.2, -0.15) is 5.10 Å². The highest BCUT2D eigenvalue weighted by molar-refractivity contribution is 5.80. The molecule has 1 aromatic carbocycles. The van der Waals surface area contributed by atoms with E-state index in [1.165, 1.54) is 5.56 Å². The second kappa shape index (κ2) is 9.13. The number of aliphatic imine (C=N–C) groups is 1. The predicted molar refractivity (Wildman–Crippen MR) is 115 cm³/mol. The highest BCUT2D eigenvalue weighted by Crippen LogP contribution is 2.23. The van der Waals surface area contributed by atoms with Gasteiger partial charge in [0.25, 0.3) is 0 Å². The highest BCUT2D eigenvalue weighted by Gasteiger charge is 2.25. The molecular weight excluding hydrogens is 380 g/mol. The van der Waals surface area contributed by atoms with E-state index in [1.807, 2.05) is 31.6 Å². The molecule has 0 radical (unpaired) electrons. The van der Waals surface area contributed by atoms with E-state index < -0.39 is 0 Å². The average molecular weight is 409 g/mol. The van der Waals surface area contributed by atoms with Gasteiger partial charge in [0.1, 0.15) is 12.6 Å². The molecule has 1 saturated heterocycles. The van der Waals surface area contributed by atoms with Gasteiger partial charge in [-0.15, -0.1) is 0 Å². The fourth-order valence-electron chi connectivity index (χ4n) is 3.45. The van der Waals surface area contributed by atoms with Crippen LogP contribution in [-0.4, -0.2) is 51.9 Å². The van der Waals surface area contributed by atoms with E-state index in [0.29, 0.717) is 19.0 Å². The summed E-state index contributed by atoms with van der Waals surface area (Å²) in [6.07, 6.45) is 5.59. The third-order valence-corrected chi connectivity index (χ3v) is 5.05. The number of benzene rings is 1. The van der Waals surface area contributed by atoms with E-state index in [0.717, 1.165) is 42.5 Å². The molecule has 0 amide bonds. The van der Waals surface area contributed by atoms with Crippen molar-refractivity contribution in [1.29, 1.82) is 0 Å². The summed E-state index contributed by atoms with van der Waals surface area (Å²) in [4.78, 5) is 11.4. The van der Waals surface area contributed by atoms with E-state index >= 15 is 0 Å². The summed E-state index contributed by atoms with van der Waals surface area (Å²) in [5.41, 5.74) is 3.31. The van der Waals surface area contributed by atoms with Crippen molar-refractivity contribution in [3.8, 4) is 11.3 Å². The first-order valence-corrected chi connectivity index (χ1v) is 10.3. The van der Waals surface area contributed by atoms with Crippen molar-refractivity contribution in [2.24, 2.45) is 12.0 Å². The van der Waals surface area contributed by atoms with Gasteiger partial charge in [0.05, 0.1) is 25.5 Å². The van der Waals surface area contributed by atoms with Crippen molar-refractivity contribution in [1.82, 2.24) is 25.0 Å². The molecule has 8 heteroatoms. The Morgan fingerprint density at radius 1 is 1.27 bits per heavy atom. The number of nitrogens with one attached hydrogen (secondary N) is 1. The zero-order valence-electron chi connectivity index (χ0n) is 17.7. The third-order valence-electron chi connectivity index (χ3n) is 5.05. The molecule has 1 aliphatic rings. The first kappa shape index (κ1) is 20.2. The van der Waals surface area contributed by atoms with E-state index in [9.17, 15) is 0 Å². The molecule has 1 N–H and O–H groups in total. The molecule has 0 spiro atoms. The van der Waals surface area contributed by atoms with Crippen LogP contribution >= 0.6 is 0 Å². The molecule has 30 heavy (non-hydrogen) atoms. The second-order valence-corrected chi connectivity index (χ2v) is 7.41. The summed E-state index contributed by atoms with van der Waals surface area (Å²) < 4.78 is 13.7. The number of nitrogens with zero attached hydrogens (tertiary/aromatic N) is 5. The van der Waals surface area contributed by atoms with Crippen LogP contribution in [-0.2, 0) is 18.3 Å². The van der Waals surface area contributed by atoms with Crippen molar-refractivity contribution >= 4 is 5.96 Å². The predicted octanol–water partition coefficient (Wildman–Crippen LogP) is 2.92. The summed E-state index contributed by atoms with van der Waals surface area (Å²) in [5.74, 6) is 2.19. The molecule has 0 bridgehead atoms. The fraction of sp³-hybridized carbons (Fsp3) is 0.409. The van der Waals surface area contributed by atoms with Crippen LogP contribution in [0.5, 0.6) is 0 Å². The van der Waals surface area contributed by atoms with Gasteiger partial charge in [0.15, 0.2) is 11.7 Å². The number of morpholine rings is 1. The van der Waals surface area contributed by atoms with Crippen LogP contribution in [0.1, 0.15) is 30.0 Å². The molecule has 158 valence electrons. The number of oxazole rings is 1. The Labute approximate surface area is 176 Å². The van der Waals surface area contributed by atoms with Crippen molar-refractivity contribution in [2.45, 2.75) is 26.5 Å². The van der Waals surface area contributed by atoms with E-state index in [1.54, 1.807) is 10.9 Å². The lowest BCUT2D eigenvalue weighted by molar-refractivity contribution is -0.00806. The summed E-state index contributed by atoms with van der Waals surface area (Å²) in [5, 5.41) is 7.63. The lowest BCUT2D eigenvalue weighted by Gasteiger charge is -2.34. The van der Waals surface area contributed by atoms with Crippen molar-refractivity contribution in [3.05, 3.63) is 59.9 Å². The Kier molecular flexibility index (Phi) is 6.13. The van der Waals surface area contributed by atoms with Gasteiger partial charge in [-0.3, -0.25) is 4.68 Å². The van der Waals surface area contributed by atoms with Gasteiger partial charge in [-0.1, -0.05) is 29.8 Å².